The summed E-state index contributed by atoms with van der Waals surface area (Å²) in [6.07, 6.45) is 2.72. The highest BCUT2D eigenvalue weighted by Gasteiger charge is 2.44. The Bertz CT molecular complexity index is 237. The maximum atomic E-state index is 12.7. The summed E-state index contributed by atoms with van der Waals surface area (Å²) < 4.78 is 12.7. The van der Waals surface area contributed by atoms with E-state index in [1.807, 2.05) is 0 Å². The third-order valence-electron chi connectivity index (χ3n) is 2.18. The summed E-state index contributed by atoms with van der Waals surface area (Å²) in [4.78, 5) is 0. The summed E-state index contributed by atoms with van der Waals surface area (Å²) in [7, 11) is 0. The van der Waals surface area contributed by atoms with Gasteiger partial charge in [-0.25, -0.2) is 0 Å². The lowest BCUT2D eigenvalue weighted by Gasteiger charge is -1.94. The first-order valence-corrected chi connectivity index (χ1v) is 3.86. The van der Waals surface area contributed by atoms with Crippen molar-refractivity contribution >= 4 is 0 Å². The van der Waals surface area contributed by atoms with Gasteiger partial charge < -0.3 is 0 Å². The largest absolute Gasteiger partial charge is 0.197 e. The second-order valence-corrected chi connectivity index (χ2v) is 3.69. The zero-order chi connectivity index (χ0) is 8.48. The van der Waals surface area contributed by atoms with Crippen molar-refractivity contribution in [2.45, 2.75) is 27.2 Å². The molecule has 1 atom stereocenters. The first kappa shape index (κ1) is 8.33. The van der Waals surface area contributed by atoms with Gasteiger partial charge in [0.2, 0.25) is 0 Å². The first-order chi connectivity index (χ1) is 5.06. The molecule has 1 saturated carbocycles. The predicted molar refractivity (Wildman–Crippen MR) is 44.5 cm³/mol. The third kappa shape index (κ3) is 2.08. The maximum Gasteiger partial charge on any atom is 0.169 e. The van der Waals surface area contributed by atoms with E-state index in [2.05, 4.69) is 25.7 Å². The van der Waals surface area contributed by atoms with Crippen molar-refractivity contribution in [3.8, 4) is 11.8 Å². The Morgan fingerprint density at radius 2 is 2.18 bits per heavy atom. The summed E-state index contributed by atoms with van der Waals surface area (Å²) in [6.45, 7) is 5.92. The second-order valence-electron chi connectivity index (χ2n) is 3.69. The van der Waals surface area contributed by atoms with Crippen molar-refractivity contribution in [3.05, 3.63) is 11.9 Å². The molecule has 11 heavy (non-hydrogen) atoms. The number of hydrogen-bond acceptors (Lipinski definition) is 0. The Morgan fingerprint density at radius 3 is 2.55 bits per heavy atom. The van der Waals surface area contributed by atoms with Crippen LogP contribution < -0.4 is 0 Å². The summed E-state index contributed by atoms with van der Waals surface area (Å²) >= 11 is 0. The molecule has 0 heterocycles. The Labute approximate surface area is 67.5 Å². The Morgan fingerprint density at radius 1 is 1.64 bits per heavy atom. The fourth-order valence-electron chi connectivity index (χ4n) is 1.13. The molecular weight excluding hydrogens is 139 g/mol. The van der Waals surface area contributed by atoms with Gasteiger partial charge in [0.25, 0.3) is 0 Å². The smallest absolute Gasteiger partial charge is 0.169 e. The Balaban J connectivity index is 2.53. The molecule has 1 aliphatic carbocycles. The van der Waals surface area contributed by atoms with E-state index in [1.54, 1.807) is 13.0 Å². The molecule has 60 valence electrons. The number of hydrogen-bond donors (Lipinski definition) is 0. The molecule has 0 nitrogen and oxygen atoms in total. The van der Waals surface area contributed by atoms with Crippen molar-refractivity contribution < 1.29 is 4.39 Å². The van der Waals surface area contributed by atoms with Gasteiger partial charge in [0.05, 0.1) is 0 Å². The molecule has 1 fully saturated rings. The van der Waals surface area contributed by atoms with Crippen molar-refractivity contribution in [2.75, 3.05) is 0 Å². The van der Waals surface area contributed by atoms with Crippen LogP contribution in [0.1, 0.15) is 27.2 Å². The lowest BCUT2D eigenvalue weighted by Crippen LogP contribution is -1.86. The van der Waals surface area contributed by atoms with Gasteiger partial charge in [-0.3, -0.25) is 0 Å². The third-order valence-corrected chi connectivity index (χ3v) is 2.18. The van der Waals surface area contributed by atoms with Crippen LogP contribution in [0.2, 0.25) is 0 Å². The van der Waals surface area contributed by atoms with Gasteiger partial charge in [0.15, 0.2) is 5.83 Å². The van der Waals surface area contributed by atoms with Crippen LogP contribution in [-0.2, 0) is 0 Å². The number of halogens is 1. The lowest BCUT2D eigenvalue weighted by molar-refractivity contribution is 0.595. The van der Waals surface area contributed by atoms with E-state index in [9.17, 15) is 4.39 Å². The molecule has 0 amide bonds. The van der Waals surface area contributed by atoms with Gasteiger partial charge in [-0.1, -0.05) is 19.8 Å². The minimum absolute atomic E-state index is 0.275. The highest BCUT2D eigenvalue weighted by Crippen LogP contribution is 2.52. The Kier molecular flexibility index (Phi) is 2.04. The number of rotatable bonds is 1. The minimum atomic E-state index is -0.275. The normalized spacial score (nSPS) is 27.3. The summed E-state index contributed by atoms with van der Waals surface area (Å²) in [5, 5.41) is 0. The fraction of sp³-hybridized carbons (Fsp3) is 0.600. The van der Waals surface area contributed by atoms with Crippen LogP contribution in [0, 0.1) is 23.2 Å². The van der Waals surface area contributed by atoms with Crippen LogP contribution >= 0.6 is 0 Å². The average Bonchev–Trinajstić information content (AvgIpc) is 2.39. The molecule has 0 aliphatic heterocycles. The predicted octanol–water partition coefficient (Wildman–Crippen LogP) is 2.91. The fourth-order valence-corrected chi connectivity index (χ4v) is 1.13. The molecule has 1 heteroatoms. The topological polar surface area (TPSA) is 0 Å². The van der Waals surface area contributed by atoms with Crippen LogP contribution in [0.4, 0.5) is 4.39 Å². The molecule has 0 N–H and O–H groups in total. The summed E-state index contributed by atoms with van der Waals surface area (Å²) in [5.74, 6) is 5.06. The van der Waals surface area contributed by atoms with Crippen molar-refractivity contribution in [1.82, 2.24) is 0 Å². The molecule has 1 unspecified atom stereocenters. The van der Waals surface area contributed by atoms with E-state index in [0.717, 1.165) is 6.42 Å². The molecular formula is C10H13F. The van der Waals surface area contributed by atoms with Gasteiger partial charge in [0, 0.05) is 0 Å². The molecule has 0 aromatic carbocycles. The number of allylic oxidation sites excluding steroid dienone is 2. The maximum absolute atomic E-state index is 12.7. The molecule has 0 aromatic rings. The van der Waals surface area contributed by atoms with Crippen molar-refractivity contribution in [1.29, 1.82) is 0 Å². The van der Waals surface area contributed by atoms with Gasteiger partial charge in [-0.15, -0.1) is 0 Å². The highest BCUT2D eigenvalue weighted by atomic mass is 19.1. The Hall–Kier alpha value is -0.770. The summed E-state index contributed by atoms with van der Waals surface area (Å²) in [6, 6.07) is 0. The van der Waals surface area contributed by atoms with Crippen LogP contribution in [0.25, 0.3) is 0 Å². The summed E-state index contributed by atoms with van der Waals surface area (Å²) in [5.41, 5.74) is 0.312. The van der Waals surface area contributed by atoms with E-state index in [0.29, 0.717) is 11.3 Å². The van der Waals surface area contributed by atoms with Gasteiger partial charge in [-0.05, 0) is 36.7 Å². The van der Waals surface area contributed by atoms with Gasteiger partial charge >= 0.3 is 0 Å². The molecule has 0 saturated heterocycles. The van der Waals surface area contributed by atoms with E-state index in [-0.39, 0.29) is 5.83 Å². The SMILES string of the molecule is CC#CC(F)=CC1CC1(C)C. The van der Waals surface area contributed by atoms with Gasteiger partial charge in [-0.2, -0.15) is 4.39 Å². The van der Waals surface area contributed by atoms with E-state index >= 15 is 0 Å². The first-order valence-electron chi connectivity index (χ1n) is 3.86. The van der Waals surface area contributed by atoms with Crippen molar-refractivity contribution in [3.63, 3.8) is 0 Å². The quantitative estimate of drug-likeness (QED) is 0.507. The van der Waals surface area contributed by atoms with E-state index in [4.69, 9.17) is 0 Å². The molecule has 1 rings (SSSR count). The average molecular weight is 152 g/mol. The molecule has 0 aromatic heterocycles. The molecule has 0 spiro atoms. The van der Waals surface area contributed by atoms with Gasteiger partial charge in [0.1, 0.15) is 0 Å². The standard InChI is InChI=1S/C10H13F/c1-4-5-9(11)6-8-7-10(8,2)3/h6,8H,7H2,1-3H3. The molecule has 0 bridgehead atoms. The monoisotopic (exact) mass is 152 g/mol. The highest BCUT2D eigenvalue weighted by molar-refractivity contribution is 5.25. The second kappa shape index (κ2) is 2.70. The van der Waals surface area contributed by atoms with E-state index < -0.39 is 0 Å². The van der Waals surface area contributed by atoms with Crippen molar-refractivity contribution in [2.24, 2.45) is 11.3 Å². The van der Waals surface area contributed by atoms with Crippen LogP contribution in [0.3, 0.4) is 0 Å². The lowest BCUT2D eigenvalue weighted by atomic mass is 10.1. The van der Waals surface area contributed by atoms with Crippen LogP contribution in [0.15, 0.2) is 11.9 Å². The zero-order valence-corrected chi connectivity index (χ0v) is 7.24. The minimum Gasteiger partial charge on any atom is -0.197 e. The molecule has 0 radical (unpaired) electrons. The zero-order valence-electron chi connectivity index (χ0n) is 7.24. The van der Waals surface area contributed by atoms with Crippen LogP contribution in [-0.4, -0.2) is 0 Å². The van der Waals surface area contributed by atoms with E-state index in [1.165, 1.54) is 0 Å². The molecule has 1 aliphatic rings. The van der Waals surface area contributed by atoms with Crippen LogP contribution in [0.5, 0.6) is 0 Å².